The lowest BCUT2D eigenvalue weighted by Crippen LogP contribution is -2.03. The normalized spacial score (nSPS) is 12.6. The fourth-order valence-electron chi connectivity index (χ4n) is 2.92. The van der Waals surface area contributed by atoms with Crippen LogP contribution in [0.1, 0.15) is 23.0 Å². The average Bonchev–Trinajstić information content (AvgIpc) is 3.48. The number of ether oxygens (including phenoxy) is 3. The number of aromatic nitrogens is 1. The van der Waals surface area contributed by atoms with Gasteiger partial charge in [0.25, 0.3) is 0 Å². The molecule has 0 radical (unpaired) electrons. The zero-order valence-corrected chi connectivity index (χ0v) is 17.5. The molecule has 0 aliphatic carbocycles. The second kappa shape index (κ2) is 9.13. The molecule has 0 spiro atoms. The lowest BCUT2D eigenvalue weighted by Gasteiger charge is -1.98. The van der Waals surface area contributed by atoms with E-state index >= 15 is 0 Å². The molecule has 156 valence electrons. The van der Waals surface area contributed by atoms with E-state index in [2.05, 4.69) is 9.72 Å². The van der Waals surface area contributed by atoms with Crippen molar-refractivity contribution >= 4 is 23.8 Å². The van der Waals surface area contributed by atoms with Gasteiger partial charge in [0.15, 0.2) is 11.5 Å². The summed E-state index contributed by atoms with van der Waals surface area (Å²) in [4.78, 5) is 15.7. The standard InChI is InChI=1S/C22H21NO6S/c1-14-18(23-22(28-14)15-5-8-19-20(10-15)27-13-26-19)11-17-7-6-16(29-17)4-3-9-30-12-21(24)25-2/h3-8,10H,9,11-13H2,1-2H3. The first-order valence-electron chi connectivity index (χ1n) is 9.38. The van der Waals surface area contributed by atoms with Crippen LogP contribution in [0.2, 0.25) is 0 Å². The van der Waals surface area contributed by atoms with Gasteiger partial charge in [0.05, 0.1) is 25.0 Å². The number of furan rings is 1. The molecule has 3 aromatic rings. The Morgan fingerprint density at radius 3 is 2.93 bits per heavy atom. The highest BCUT2D eigenvalue weighted by molar-refractivity contribution is 8.00. The third-order valence-electron chi connectivity index (χ3n) is 4.48. The average molecular weight is 427 g/mol. The first-order chi connectivity index (χ1) is 14.6. The minimum absolute atomic E-state index is 0.225. The quantitative estimate of drug-likeness (QED) is 0.384. The number of thioether (sulfide) groups is 1. The van der Waals surface area contributed by atoms with Gasteiger partial charge < -0.3 is 23.0 Å². The van der Waals surface area contributed by atoms with Crippen LogP contribution in [0.15, 0.2) is 45.2 Å². The van der Waals surface area contributed by atoms with Crippen LogP contribution in [-0.4, -0.2) is 36.4 Å². The number of carbonyl (C=O) groups excluding carboxylic acids is 1. The molecule has 30 heavy (non-hydrogen) atoms. The van der Waals surface area contributed by atoms with E-state index in [9.17, 15) is 4.79 Å². The third-order valence-corrected chi connectivity index (χ3v) is 5.35. The van der Waals surface area contributed by atoms with Crippen molar-refractivity contribution in [2.24, 2.45) is 0 Å². The molecule has 0 N–H and O–H groups in total. The van der Waals surface area contributed by atoms with E-state index in [1.807, 2.05) is 49.4 Å². The van der Waals surface area contributed by atoms with Crippen LogP contribution in [0, 0.1) is 6.92 Å². The van der Waals surface area contributed by atoms with E-state index in [1.54, 1.807) is 0 Å². The second-order valence-corrected chi connectivity index (χ2v) is 7.59. The maximum atomic E-state index is 11.1. The van der Waals surface area contributed by atoms with E-state index < -0.39 is 0 Å². The predicted octanol–water partition coefficient (Wildman–Crippen LogP) is 4.48. The molecule has 1 aromatic carbocycles. The first-order valence-corrected chi connectivity index (χ1v) is 10.5. The SMILES string of the molecule is COC(=O)CSCC=Cc1ccc(Cc2nc(-c3ccc4c(c3)OCO4)oc2C)o1. The van der Waals surface area contributed by atoms with Gasteiger partial charge in [0, 0.05) is 11.3 Å². The van der Waals surface area contributed by atoms with Crippen molar-refractivity contribution in [2.45, 2.75) is 13.3 Å². The Labute approximate surface area is 178 Å². The summed E-state index contributed by atoms with van der Waals surface area (Å²) in [5, 5.41) is 0. The molecule has 8 heteroatoms. The number of methoxy groups -OCH3 is 1. The molecule has 2 aromatic heterocycles. The summed E-state index contributed by atoms with van der Waals surface area (Å²) in [7, 11) is 1.39. The molecule has 4 rings (SSSR count). The Morgan fingerprint density at radius 1 is 1.20 bits per heavy atom. The summed E-state index contributed by atoms with van der Waals surface area (Å²) >= 11 is 1.48. The van der Waals surface area contributed by atoms with Crippen LogP contribution >= 0.6 is 11.8 Å². The van der Waals surface area contributed by atoms with E-state index in [0.29, 0.717) is 29.6 Å². The summed E-state index contributed by atoms with van der Waals surface area (Å²) in [6, 6.07) is 9.45. The summed E-state index contributed by atoms with van der Waals surface area (Å²) in [6.45, 7) is 2.12. The molecule has 3 heterocycles. The number of fused-ring (bicyclic) bond motifs is 1. The Bertz CT molecular complexity index is 1070. The summed E-state index contributed by atoms with van der Waals surface area (Å²) in [5.74, 6) is 5.06. The zero-order chi connectivity index (χ0) is 20.9. The monoisotopic (exact) mass is 427 g/mol. The van der Waals surface area contributed by atoms with Crippen LogP contribution in [0.4, 0.5) is 0 Å². The number of rotatable bonds is 8. The lowest BCUT2D eigenvalue weighted by molar-refractivity contribution is -0.137. The number of hydrogen-bond donors (Lipinski definition) is 0. The van der Waals surface area contributed by atoms with Crippen molar-refractivity contribution in [3.63, 3.8) is 0 Å². The number of nitrogens with zero attached hydrogens (tertiary/aromatic N) is 1. The number of benzene rings is 1. The molecule has 1 aliphatic rings. The maximum absolute atomic E-state index is 11.1. The Balaban J connectivity index is 1.38. The number of hydrogen-bond acceptors (Lipinski definition) is 8. The van der Waals surface area contributed by atoms with Gasteiger partial charge >= 0.3 is 5.97 Å². The smallest absolute Gasteiger partial charge is 0.315 e. The molecule has 0 bridgehead atoms. The number of esters is 1. The minimum Gasteiger partial charge on any atom is -0.468 e. The van der Waals surface area contributed by atoms with Crippen molar-refractivity contribution in [3.05, 3.63) is 59.4 Å². The van der Waals surface area contributed by atoms with Crippen LogP contribution < -0.4 is 9.47 Å². The van der Waals surface area contributed by atoms with Crippen LogP contribution in [0.3, 0.4) is 0 Å². The van der Waals surface area contributed by atoms with Gasteiger partial charge in [-0.25, -0.2) is 4.98 Å². The zero-order valence-electron chi connectivity index (χ0n) is 16.7. The van der Waals surface area contributed by atoms with Crippen molar-refractivity contribution < 1.29 is 27.8 Å². The molecular formula is C22H21NO6S. The highest BCUT2D eigenvalue weighted by Gasteiger charge is 2.18. The van der Waals surface area contributed by atoms with Gasteiger partial charge in [-0.15, -0.1) is 11.8 Å². The molecule has 0 fully saturated rings. The molecule has 0 saturated carbocycles. The Hall–Kier alpha value is -3.13. The van der Waals surface area contributed by atoms with Gasteiger partial charge in [-0.2, -0.15) is 0 Å². The fourth-order valence-corrected chi connectivity index (χ4v) is 3.56. The van der Waals surface area contributed by atoms with Crippen LogP contribution in [0.25, 0.3) is 17.5 Å². The highest BCUT2D eigenvalue weighted by atomic mass is 32.2. The highest BCUT2D eigenvalue weighted by Crippen LogP contribution is 2.36. The number of aryl methyl sites for hydroxylation is 1. The van der Waals surface area contributed by atoms with Crippen molar-refractivity contribution in [2.75, 3.05) is 25.4 Å². The van der Waals surface area contributed by atoms with Crippen molar-refractivity contribution in [1.29, 1.82) is 0 Å². The minimum atomic E-state index is -0.225. The third kappa shape index (κ3) is 4.71. The number of oxazole rings is 1. The summed E-state index contributed by atoms with van der Waals surface area (Å²) in [6.07, 6.45) is 4.38. The summed E-state index contributed by atoms with van der Waals surface area (Å²) in [5.41, 5.74) is 1.65. The van der Waals surface area contributed by atoms with Gasteiger partial charge in [-0.05, 0) is 43.3 Å². The Kier molecular flexibility index (Phi) is 6.13. The second-order valence-electron chi connectivity index (χ2n) is 6.56. The predicted molar refractivity (Wildman–Crippen MR) is 113 cm³/mol. The van der Waals surface area contributed by atoms with Crippen LogP contribution in [0.5, 0.6) is 11.5 Å². The van der Waals surface area contributed by atoms with Crippen LogP contribution in [-0.2, 0) is 16.0 Å². The van der Waals surface area contributed by atoms with Gasteiger partial charge in [0.2, 0.25) is 12.7 Å². The molecule has 1 aliphatic heterocycles. The molecule has 0 atom stereocenters. The lowest BCUT2D eigenvalue weighted by atomic mass is 10.2. The Morgan fingerprint density at radius 2 is 2.07 bits per heavy atom. The molecule has 7 nitrogen and oxygen atoms in total. The van der Waals surface area contributed by atoms with Gasteiger partial charge in [0.1, 0.15) is 17.3 Å². The van der Waals surface area contributed by atoms with Crippen molar-refractivity contribution in [1.82, 2.24) is 4.98 Å². The first kappa shape index (κ1) is 20.2. The molecule has 0 saturated heterocycles. The van der Waals surface area contributed by atoms with Gasteiger partial charge in [-0.3, -0.25) is 4.79 Å². The molecule has 0 unspecified atom stereocenters. The maximum Gasteiger partial charge on any atom is 0.315 e. The van der Waals surface area contributed by atoms with E-state index in [4.69, 9.17) is 18.3 Å². The van der Waals surface area contributed by atoms with E-state index in [-0.39, 0.29) is 12.8 Å². The number of carbonyl (C=O) groups is 1. The summed E-state index contributed by atoms with van der Waals surface area (Å²) < 4.78 is 27.1. The van der Waals surface area contributed by atoms with E-state index in [0.717, 1.165) is 34.3 Å². The van der Waals surface area contributed by atoms with Gasteiger partial charge in [-0.1, -0.05) is 6.08 Å². The largest absolute Gasteiger partial charge is 0.468 e. The molecule has 0 amide bonds. The van der Waals surface area contributed by atoms with E-state index in [1.165, 1.54) is 18.9 Å². The van der Waals surface area contributed by atoms with Crippen molar-refractivity contribution in [3.8, 4) is 23.0 Å². The topological polar surface area (TPSA) is 83.9 Å². The molecular weight excluding hydrogens is 406 g/mol. The fraction of sp³-hybridized carbons (Fsp3) is 0.273.